The van der Waals surface area contributed by atoms with Crippen molar-refractivity contribution in [2.75, 3.05) is 0 Å². The van der Waals surface area contributed by atoms with Crippen LogP contribution in [0.4, 0.5) is 13.2 Å². The molecule has 1 N–H and O–H groups in total. The largest absolute Gasteiger partial charge is 0.392 e. The molecule has 3 aliphatic rings. The van der Waals surface area contributed by atoms with E-state index in [0.717, 1.165) is 0 Å². The summed E-state index contributed by atoms with van der Waals surface area (Å²) in [5, 5.41) is 2.72. The second kappa shape index (κ2) is 2.50. The van der Waals surface area contributed by atoms with Gasteiger partial charge in [-0.2, -0.15) is 13.2 Å². The molecule has 1 amide bonds. The lowest BCUT2D eigenvalue weighted by atomic mass is 9.74. The Morgan fingerprint density at radius 2 is 2.00 bits per heavy atom. The van der Waals surface area contributed by atoms with Crippen LogP contribution in [0.1, 0.15) is 13.3 Å². The third-order valence-corrected chi connectivity index (χ3v) is 4.55. The molecule has 0 spiro atoms. The molecule has 3 rings (SSSR count). The summed E-state index contributed by atoms with van der Waals surface area (Å²) in [7, 11) is 0. The highest BCUT2D eigenvalue weighted by Crippen LogP contribution is 2.62. The molecule has 2 nitrogen and oxygen atoms in total. The Morgan fingerprint density at radius 3 is 2.60 bits per heavy atom. The third kappa shape index (κ3) is 0.988. The molecule has 0 radical (unpaired) electrons. The minimum atomic E-state index is -4.22. The molecular formula is C10H12F3NO. The van der Waals surface area contributed by atoms with Gasteiger partial charge in [0.05, 0.1) is 11.8 Å². The second-order valence-electron chi connectivity index (χ2n) is 5.05. The zero-order valence-electron chi connectivity index (χ0n) is 8.21. The van der Waals surface area contributed by atoms with E-state index in [0.29, 0.717) is 6.42 Å². The molecule has 1 aliphatic heterocycles. The monoisotopic (exact) mass is 219 g/mol. The van der Waals surface area contributed by atoms with Crippen LogP contribution in [0.25, 0.3) is 0 Å². The van der Waals surface area contributed by atoms with Crippen LogP contribution in [-0.2, 0) is 4.79 Å². The van der Waals surface area contributed by atoms with Crippen LogP contribution in [0.5, 0.6) is 0 Å². The van der Waals surface area contributed by atoms with Crippen LogP contribution in [-0.4, -0.2) is 18.1 Å². The van der Waals surface area contributed by atoms with Gasteiger partial charge in [0.25, 0.3) is 0 Å². The van der Waals surface area contributed by atoms with Gasteiger partial charge in [-0.3, -0.25) is 4.79 Å². The van der Waals surface area contributed by atoms with Crippen molar-refractivity contribution >= 4 is 5.91 Å². The molecule has 0 aromatic carbocycles. The lowest BCUT2D eigenvalue weighted by molar-refractivity contribution is -0.202. The predicted molar refractivity (Wildman–Crippen MR) is 45.7 cm³/mol. The highest BCUT2D eigenvalue weighted by molar-refractivity contribution is 5.83. The Kier molecular flexibility index (Phi) is 1.58. The number of amides is 1. The van der Waals surface area contributed by atoms with E-state index in [9.17, 15) is 18.0 Å². The van der Waals surface area contributed by atoms with Crippen molar-refractivity contribution in [3.63, 3.8) is 0 Å². The molecule has 6 unspecified atom stereocenters. The molecule has 3 fully saturated rings. The molecule has 6 atom stereocenters. The number of carbonyl (C=O) groups is 1. The fourth-order valence-corrected chi connectivity index (χ4v) is 4.01. The summed E-state index contributed by atoms with van der Waals surface area (Å²) in [5.74, 6) is -3.00. The first-order chi connectivity index (χ1) is 6.91. The fourth-order valence-electron chi connectivity index (χ4n) is 4.01. The Labute approximate surface area is 85.2 Å². The number of hydrogen-bond acceptors (Lipinski definition) is 1. The first-order valence-electron chi connectivity index (χ1n) is 5.28. The number of nitrogens with one attached hydrogen (secondary N) is 1. The zero-order valence-corrected chi connectivity index (χ0v) is 8.21. The van der Waals surface area contributed by atoms with E-state index >= 15 is 0 Å². The Hall–Kier alpha value is -0.740. The normalized spacial score (nSPS) is 52.4. The third-order valence-electron chi connectivity index (χ3n) is 4.55. The minimum Gasteiger partial charge on any atom is -0.353 e. The van der Waals surface area contributed by atoms with E-state index in [1.807, 2.05) is 6.92 Å². The Bertz CT molecular complexity index is 327. The van der Waals surface area contributed by atoms with E-state index in [1.54, 1.807) is 0 Å². The first-order valence-corrected chi connectivity index (χ1v) is 5.28. The van der Waals surface area contributed by atoms with Gasteiger partial charge < -0.3 is 5.32 Å². The van der Waals surface area contributed by atoms with Crippen molar-refractivity contribution in [1.29, 1.82) is 0 Å². The van der Waals surface area contributed by atoms with Gasteiger partial charge in [-0.05, 0) is 24.2 Å². The molecule has 0 aromatic rings. The fraction of sp³-hybridized carbons (Fsp3) is 0.900. The van der Waals surface area contributed by atoms with Gasteiger partial charge in [0.2, 0.25) is 5.91 Å². The maximum absolute atomic E-state index is 12.8. The quantitative estimate of drug-likeness (QED) is 0.658. The lowest BCUT2D eigenvalue weighted by Gasteiger charge is -2.32. The minimum absolute atomic E-state index is 0.00565. The lowest BCUT2D eigenvalue weighted by Crippen LogP contribution is -2.40. The van der Waals surface area contributed by atoms with E-state index in [4.69, 9.17) is 0 Å². The van der Waals surface area contributed by atoms with E-state index in [2.05, 4.69) is 5.32 Å². The van der Waals surface area contributed by atoms with Gasteiger partial charge >= 0.3 is 6.18 Å². The second-order valence-corrected chi connectivity index (χ2v) is 5.05. The molecule has 5 heteroatoms. The average molecular weight is 219 g/mol. The van der Waals surface area contributed by atoms with Crippen molar-refractivity contribution in [2.45, 2.75) is 25.6 Å². The first kappa shape index (κ1) is 9.48. The molecule has 84 valence electrons. The molecule has 2 aliphatic carbocycles. The summed E-state index contributed by atoms with van der Waals surface area (Å²) >= 11 is 0. The van der Waals surface area contributed by atoms with Crippen molar-refractivity contribution in [2.24, 2.45) is 29.6 Å². The summed E-state index contributed by atoms with van der Waals surface area (Å²) in [6, 6.07) is 0.00565. The number of fused-ring (bicyclic) bond motifs is 1. The summed E-state index contributed by atoms with van der Waals surface area (Å²) < 4.78 is 38.5. The highest BCUT2D eigenvalue weighted by Gasteiger charge is 2.69. The van der Waals surface area contributed by atoms with Gasteiger partial charge in [0.1, 0.15) is 0 Å². The number of alkyl halides is 3. The molecule has 1 saturated heterocycles. The van der Waals surface area contributed by atoms with Crippen molar-refractivity contribution in [1.82, 2.24) is 5.32 Å². The van der Waals surface area contributed by atoms with E-state index < -0.39 is 18.0 Å². The van der Waals surface area contributed by atoms with Crippen LogP contribution in [0.2, 0.25) is 0 Å². The van der Waals surface area contributed by atoms with E-state index in [1.165, 1.54) is 0 Å². The molecule has 2 bridgehead atoms. The van der Waals surface area contributed by atoms with Crippen molar-refractivity contribution in [3.8, 4) is 0 Å². The Balaban J connectivity index is 2.02. The molecule has 1 heterocycles. The molecular weight excluding hydrogens is 207 g/mol. The van der Waals surface area contributed by atoms with Gasteiger partial charge in [-0.15, -0.1) is 0 Å². The maximum Gasteiger partial charge on any atom is 0.392 e. The predicted octanol–water partition coefficient (Wildman–Crippen LogP) is 1.57. The standard InChI is InChI=1S/C10H12F3NO/c1-3-4-2-5-6(7(4)10(11,12)13)9(15)14-8(3)5/h3-8H,2H2,1H3,(H,14,15). The van der Waals surface area contributed by atoms with Gasteiger partial charge in [0.15, 0.2) is 0 Å². The molecule has 0 aromatic heterocycles. The number of rotatable bonds is 0. The van der Waals surface area contributed by atoms with Crippen molar-refractivity contribution in [3.05, 3.63) is 0 Å². The summed E-state index contributed by atoms with van der Waals surface area (Å²) in [4.78, 5) is 11.5. The SMILES string of the molecule is CC1C2CC3C1NC(=O)C3C2C(F)(F)F. The van der Waals surface area contributed by atoms with Crippen LogP contribution >= 0.6 is 0 Å². The van der Waals surface area contributed by atoms with Gasteiger partial charge in [-0.25, -0.2) is 0 Å². The van der Waals surface area contributed by atoms with E-state index in [-0.39, 0.29) is 29.7 Å². The molecule has 2 saturated carbocycles. The average Bonchev–Trinajstić information content (AvgIpc) is 2.66. The summed E-state index contributed by atoms with van der Waals surface area (Å²) in [6.45, 7) is 1.83. The van der Waals surface area contributed by atoms with Crippen LogP contribution in [0.3, 0.4) is 0 Å². The Morgan fingerprint density at radius 1 is 1.33 bits per heavy atom. The number of halogens is 3. The maximum atomic E-state index is 12.8. The van der Waals surface area contributed by atoms with Crippen LogP contribution in [0, 0.1) is 29.6 Å². The molecule has 15 heavy (non-hydrogen) atoms. The van der Waals surface area contributed by atoms with Gasteiger partial charge in [0, 0.05) is 6.04 Å². The topological polar surface area (TPSA) is 29.1 Å². The zero-order chi connectivity index (χ0) is 11.0. The van der Waals surface area contributed by atoms with Crippen molar-refractivity contribution < 1.29 is 18.0 Å². The number of carbonyl (C=O) groups excluding carboxylic acids is 1. The summed E-state index contributed by atoms with van der Waals surface area (Å²) in [6.07, 6.45) is -3.65. The smallest absolute Gasteiger partial charge is 0.353 e. The van der Waals surface area contributed by atoms with Crippen LogP contribution < -0.4 is 5.32 Å². The van der Waals surface area contributed by atoms with Crippen LogP contribution in [0.15, 0.2) is 0 Å². The summed E-state index contributed by atoms with van der Waals surface area (Å²) in [5.41, 5.74) is 0. The number of hydrogen-bond donors (Lipinski definition) is 1. The van der Waals surface area contributed by atoms with Gasteiger partial charge in [-0.1, -0.05) is 6.92 Å². The highest BCUT2D eigenvalue weighted by atomic mass is 19.4.